The van der Waals surface area contributed by atoms with Crippen molar-refractivity contribution in [2.24, 2.45) is 0 Å². The van der Waals surface area contributed by atoms with E-state index in [0.29, 0.717) is 25.3 Å². The maximum atomic E-state index is 12.6. The van der Waals surface area contributed by atoms with Gasteiger partial charge in [0.2, 0.25) is 5.91 Å². The molecule has 1 amide bonds. The van der Waals surface area contributed by atoms with Gasteiger partial charge < -0.3 is 19.9 Å². The highest BCUT2D eigenvalue weighted by atomic mass is 16.5. The molecular weight excluding hydrogens is 404 g/mol. The van der Waals surface area contributed by atoms with Gasteiger partial charge in [-0.1, -0.05) is 12.1 Å². The van der Waals surface area contributed by atoms with E-state index >= 15 is 0 Å². The number of anilines is 3. The van der Waals surface area contributed by atoms with Crippen molar-refractivity contribution in [2.45, 2.75) is 19.8 Å². The Morgan fingerprint density at radius 3 is 2.44 bits per heavy atom. The average molecular weight is 433 g/mol. The molecule has 0 aliphatic carbocycles. The minimum absolute atomic E-state index is 0.191. The number of piperazine rings is 1. The first-order valence-corrected chi connectivity index (χ1v) is 10.8. The van der Waals surface area contributed by atoms with Crippen LogP contribution in [0.3, 0.4) is 0 Å². The standard InChI is InChI=1S/C24H28N6O2/c1-18-11-12-25-22(17-18)26-21-8-9-23(28-27-21)29-13-15-30(16-14-29)24(31)10-5-19-3-6-20(32-2)7-4-19/h3-4,6-9,11-12,17H,5,10,13-16H2,1-2H3,(H,25,26,27). The predicted octanol–water partition coefficient (Wildman–Crippen LogP) is 3.21. The highest BCUT2D eigenvalue weighted by molar-refractivity contribution is 5.76. The monoisotopic (exact) mass is 432 g/mol. The Balaban J connectivity index is 1.25. The fourth-order valence-electron chi connectivity index (χ4n) is 3.68. The summed E-state index contributed by atoms with van der Waals surface area (Å²) in [4.78, 5) is 21.0. The second kappa shape index (κ2) is 10.1. The van der Waals surface area contributed by atoms with Crippen LogP contribution in [0.15, 0.2) is 54.7 Å². The van der Waals surface area contributed by atoms with Crippen LogP contribution in [0.2, 0.25) is 0 Å². The summed E-state index contributed by atoms with van der Waals surface area (Å²) in [6.45, 7) is 4.89. The van der Waals surface area contributed by atoms with Crippen molar-refractivity contribution in [3.63, 3.8) is 0 Å². The Labute approximate surface area is 188 Å². The lowest BCUT2D eigenvalue weighted by molar-refractivity contribution is -0.131. The Kier molecular flexibility index (Phi) is 6.79. The zero-order valence-electron chi connectivity index (χ0n) is 18.5. The molecule has 1 fully saturated rings. The van der Waals surface area contributed by atoms with Gasteiger partial charge in [0.15, 0.2) is 11.6 Å². The lowest BCUT2D eigenvalue weighted by Gasteiger charge is -2.35. The molecule has 32 heavy (non-hydrogen) atoms. The van der Waals surface area contributed by atoms with Crippen LogP contribution in [0.4, 0.5) is 17.5 Å². The molecule has 0 bridgehead atoms. The maximum absolute atomic E-state index is 12.6. The smallest absolute Gasteiger partial charge is 0.223 e. The molecular formula is C24H28N6O2. The summed E-state index contributed by atoms with van der Waals surface area (Å²) in [6, 6.07) is 15.6. The van der Waals surface area contributed by atoms with Crippen molar-refractivity contribution < 1.29 is 9.53 Å². The van der Waals surface area contributed by atoms with Crippen molar-refractivity contribution in [3.05, 3.63) is 65.9 Å². The number of methoxy groups -OCH3 is 1. The molecule has 0 atom stereocenters. The number of nitrogens with zero attached hydrogens (tertiary/aromatic N) is 5. The van der Waals surface area contributed by atoms with Gasteiger partial charge in [0.05, 0.1) is 7.11 Å². The number of carbonyl (C=O) groups is 1. The lowest BCUT2D eigenvalue weighted by Crippen LogP contribution is -2.49. The first-order chi connectivity index (χ1) is 15.6. The molecule has 1 aliphatic heterocycles. The van der Waals surface area contributed by atoms with Gasteiger partial charge in [-0.05, 0) is 60.9 Å². The van der Waals surface area contributed by atoms with Crippen LogP contribution < -0.4 is 15.0 Å². The Hall–Kier alpha value is -3.68. The molecule has 2 aromatic heterocycles. The van der Waals surface area contributed by atoms with Crippen molar-refractivity contribution in [1.29, 1.82) is 0 Å². The minimum atomic E-state index is 0.191. The number of aryl methyl sites for hydroxylation is 2. The zero-order chi connectivity index (χ0) is 22.3. The van der Waals surface area contributed by atoms with E-state index in [1.165, 1.54) is 0 Å². The number of pyridine rings is 1. The third-order valence-electron chi connectivity index (χ3n) is 5.57. The van der Waals surface area contributed by atoms with Crippen LogP contribution in [-0.2, 0) is 11.2 Å². The van der Waals surface area contributed by atoms with Gasteiger partial charge in [-0.25, -0.2) is 4.98 Å². The SMILES string of the molecule is COc1ccc(CCC(=O)N2CCN(c3ccc(Nc4cc(C)ccn4)nn3)CC2)cc1. The summed E-state index contributed by atoms with van der Waals surface area (Å²) in [5.41, 5.74) is 2.27. The Morgan fingerprint density at radius 2 is 1.78 bits per heavy atom. The molecule has 1 aliphatic rings. The largest absolute Gasteiger partial charge is 0.497 e. The van der Waals surface area contributed by atoms with E-state index in [1.807, 2.05) is 60.4 Å². The van der Waals surface area contributed by atoms with E-state index in [9.17, 15) is 4.79 Å². The van der Waals surface area contributed by atoms with E-state index in [-0.39, 0.29) is 5.91 Å². The quantitative estimate of drug-likeness (QED) is 0.614. The number of benzene rings is 1. The zero-order valence-corrected chi connectivity index (χ0v) is 18.5. The van der Waals surface area contributed by atoms with Crippen LogP contribution in [0, 0.1) is 6.92 Å². The third-order valence-corrected chi connectivity index (χ3v) is 5.57. The van der Waals surface area contributed by atoms with Crippen LogP contribution in [0.25, 0.3) is 0 Å². The van der Waals surface area contributed by atoms with Crippen LogP contribution in [0.1, 0.15) is 17.5 Å². The van der Waals surface area contributed by atoms with E-state index < -0.39 is 0 Å². The summed E-state index contributed by atoms with van der Waals surface area (Å²) in [5.74, 6) is 3.23. The van der Waals surface area contributed by atoms with E-state index in [1.54, 1.807) is 13.3 Å². The second-order valence-electron chi connectivity index (χ2n) is 7.84. The fraction of sp³-hybridized carbons (Fsp3) is 0.333. The minimum Gasteiger partial charge on any atom is -0.497 e. The molecule has 0 radical (unpaired) electrons. The first kappa shape index (κ1) is 21.5. The summed E-state index contributed by atoms with van der Waals surface area (Å²) >= 11 is 0. The Morgan fingerprint density at radius 1 is 1.00 bits per heavy atom. The van der Waals surface area contributed by atoms with Crippen molar-refractivity contribution >= 4 is 23.4 Å². The van der Waals surface area contributed by atoms with Gasteiger partial charge >= 0.3 is 0 Å². The Bertz CT molecular complexity index is 1030. The number of carbonyl (C=O) groups excluding carboxylic acids is 1. The van der Waals surface area contributed by atoms with Gasteiger partial charge in [0.25, 0.3) is 0 Å². The van der Waals surface area contributed by atoms with Crippen LogP contribution in [-0.4, -0.2) is 59.3 Å². The number of hydrogen-bond donors (Lipinski definition) is 1. The maximum Gasteiger partial charge on any atom is 0.223 e. The van der Waals surface area contributed by atoms with Gasteiger partial charge in [0, 0.05) is 38.8 Å². The molecule has 0 unspecified atom stereocenters. The predicted molar refractivity (Wildman–Crippen MR) is 124 cm³/mol. The van der Waals surface area contributed by atoms with Gasteiger partial charge in [-0.3, -0.25) is 4.79 Å². The highest BCUT2D eigenvalue weighted by Crippen LogP contribution is 2.18. The van der Waals surface area contributed by atoms with Gasteiger partial charge in [-0.2, -0.15) is 0 Å². The van der Waals surface area contributed by atoms with Gasteiger partial charge in [-0.15, -0.1) is 10.2 Å². The summed E-state index contributed by atoms with van der Waals surface area (Å²) in [7, 11) is 1.65. The normalized spacial score (nSPS) is 13.7. The number of nitrogens with one attached hydrogen (secondary N) is 1. The van der Waals surface area contributed by atoms with Crippen molar-refractivity contribution in [2.75, 3.05) is 43.5 Å². The summed E-state index contributed by atoms with van der Waals surface area (Å²) < 4.78 is 5.18. The number of hydrogen-bond acceptors (Lipinski definition) is 7. The molecule has 1 N–H and O–H groups in total. The summed E-state index contributed by atoms with van der Waals surface area (Å²) in [5, 5.41) is 11.8. The first-order valence-electron chi connectivity index (χ1n) is 10.8. The number of amides is 1. The lowest BCUT2D eigenvalue weighted by atomic mass is 10.1. The second-order valence-corrected chi connectivity index (χ2v) is 7.84. The summed E-state index contributed by atoms with van der Waals surface area (Å²) in [6.07, 6.45) is 3.01. The average Bonchev–Trinajstić information content (AvgIpc) is 2.83. The third kappa shape index (κ3) is 5.51. The van der Waals surface area contributed by atoms with Crippen molar-refractivity contribution in [1.82, 2.24) is 20.1 Å². The fourth-order valence-corrected chi connectivity index (χ4v) is 3.68. The highest BCUT2D eigenvalue weighted by Gasteiger charge is 2.22. The van der Waals surface area contributed by atoms with E-state index in [0.717, 1.165) is 48.0 Å². The van der Waals surface area contributed by atoms with Crippen LogP contribution in [0.5, 0.6) is 5.75 Å². The van der Waals surface area contributed by atoms with E-state index in [2.05, 4.69) is 25.4 Å². The topological polar surface area (TPSA) is 83.5 Å². The number of rotatable bonds is 7. The molecule has 8 nitrogen and oxygen atoms in total. The molecule has 0 spiro atoms. The molecule has 4 rings (SSSR count). The molecule has 1 saturated heterocycles. The molecule has 3 aromatic rings. The van der Waals surface area contributed by atoms with E-state index in [4.69, 9.17) is 4.74 Å². The molecule has 8 heteroatoms. The molecule has 1 aromatic carbocycles. The van der Waals surface area contributed by atoms with Crippen LogP contribution >= 0.6 is 0 Å². The number of ether oxygens (including phenoxy) is 1. The number of aromatic nitrogens is 3. The van der Waals surface area contributed by atoms with Gasteiger partial charge in [0.1, 0.15) is 11.6 Å². The molecule has 3 heterocycles. The van der Waals surface area contributed by atoms with Crippen molar-refractivity contribution in [3.8, 4) is 5.75 Å². The molecule has 166 valence electrons. The molecule has 0 saturated carbocycles.